The van der Waals surface area contributed by atoms with Crippen LogP contribution in [0.2, 0.25) is 0 Å². The van der Waals surface area contributed by atoms with Gasteiger partial charge in [-0.3, -0.25) is 4.79 Å². The summed E-state index contributed by atoms with van der Waals surface area (Å²) in [5.74, 6) is 2.03. The van der Waals surface area contributed by atoms with Crippen molar-refractivity contribution in [3.63, 3.8) is 0 Å². The Morgan fingerprint density at radius 1 is 1.23 bits per heavy atom. The van der Waals surface area contributed by atoms with Crippen LogP contribution in [0.1, 0.15) is 31.7 Å². The van der Waals surface area contributed by atoms with E-state index < -0.39 is 10.0 Å². The van der Waals surface area contributed by atoms with Gasteiger partial charge in [-0.25, -0.2) is 13.6 Å². The number of amides is 1. The third-order valence-electron chi connectivity index (χ3n) is 3.10. The van der Waals surface area contributed by atoms with Gasteiger partial charge in [-0.05, 0) is 36.3 Å². The Kier molecular flexibility index (Phi) is 8.52. The maximum atomic E-state index is 11.6. The number of carbonyl (C=O) groups excluding carboxylic acids is 1. The van der Waals surface area contributed by atoms with E-state index in [2.05, 4.69) is 12.2 Å². The lowest BCUT2D eigenvalue weighted by Crippen LogP contribution is -2.25. The molecule has 0 radical (unpaired) electrons. The van der Waals surface area contributed by atoms with Gasteiger partial charge in [-0.1, -0.05) is 25.5 Å². The summed E-state index contributed by atoms with van der Waals surface area (Å²) in [5, 5.41) is 7.91. The predicted molar refractivity (Wildman–Crippen MR) is 91.4 cm³/mol. The van der Waals surface area contributed by atoms with Crippen LogP contribution in [0.5, 0.6) is 0 Å². The van der Waals surface area contributed by atoms with Crippen molar-refractivity contribution in [2.75, 3.05) is 18.1 Å². The summed E-state index contributed by atoms with van der Waals surface area (Å²) in [7, 11) is -3.64. The number of hydrogen-bond acceptors (Lipinski definition) is 4. The Morgan fingerprint density at radius 3 is 2.50 bits per heavy atom. The molecule has 0 atom stereocenters. The summed E-state index contributed by atoms with van der Waals surface area (Å²) in [6, 6.07) is 6.40. The van der Waals surface area contributed by atoms with E-state index in [1.54, 1.807) is 12.1 Å². The Hall–Kier alpha value is -1.05. The number of carbonyl (C=O) groups is 1. The van der Waals surface area contributed by atoms with Crippen molar-refractivity contribution in [1.29, 1.82) is 0 Å². The molecule has 0 saturated heterocycles. The average Bonchev–Trinajstić information content (AvgIpc) is 2.46. The minimum Gasteiger partial charge on any atom is -0.356 e. The molecule has 1 aromatic carbocycles. The van der Waals surface area contributed by atoms with Crippen LogP contribution in [-0.2, 0) is 21.2 Å². The maximum Gasteiger partial charge on any atom is 0.238 e. The zero-order valence-electron chi connectivity index (χ0n) is 12.9. The SMILES string of the molecule is CCCCSCCC(=O)NCCc1ccc(S(N)(=O)=O)cc1. The van der Waals surface area contributed by atoms with Crippen molar-refractivity contribution >= 4 is 27.7 Å². The van der Waals surface area contributed by atoms with Crippen LogP contribution in [0.3, 0.4) is 0 Å². The molecule has 0 unspecified atom stereocenters. The second-order valence-electron chi connectivity index (χ2n) is 5.00. The molecule has 0 aliphatic rings. The van der Waals surface area contributed by atoms with Crippen LogP contribution in [0, 0.1) is 0 Å². The quantitative estimate of drug-likeness (QED) is 0.635. The normalized spacial score (nSPS) is 11.4. The van der Waals surface area contributed by atoms with Gasteiger partial charge in [0, 0.05) is 18.7 Å². The molecule has 1 aromatic rings. The molecule has 0 aliphatic heterocycles. The van der Waals surface area contributed by atoms with Gasteiger partial charge in [0.05, 0.1) is 4.90 Å². The fourth-order valence-corrected chi connectivity index (χ4v) is 3.34. The maximum absolute atomic E-state index is 11.6. The molecule has 5 nitrogen and oxygen atoms in total. The first kappa shape index (κ1) is 19.0. The van der Waals surface area contributed by atoms with Gasteiger partial charge in [-0.2, -0.15) is 11.8 Å². The molecule has 3 N–H and O–H groups in total. The summed E-state index contributed by atoms with van der Waals surface area (Å²) in [5.41, 5.74) is 0.963. The van der Waals surface area contributed by atoms with Crippen LogP contribution in [0.4, 0.5) is 0 Å². The third kappa shape index (κ3) is 7.82. The molecular formula is C15H24N2O3S2. The zero-order valence-corrected chi connectivity index (χ0v) is 14.5. The lowest BCUT2D eigenvalue weighted by Gasteiger charge is -2.06. The van der Waals surface area contributed by atoms with Crippen molar-refractivity contribution in [2.45, 2.75) is 37.5 Å². The Balaban J connectivity index is 2.22. The Bertz CT molecular complexity index is 557. The smallest absolute Gasteiger partial charge is 0.238 e. The molecule has 1 amide bonds. The van der Waals surface area contributed by atoms with Gasteiger partial charge in [0.15, 0.2) is 0 Å². The van der Waals surface area contributed by atoms with Crippen LogP contribution >= 0.6 is 11.8 Å². The van der Waals surface area contributed by atoms with Crippen molar-refractivity contribution in [3.05, 3.63) is 29.8 Å². The fraction of sp³-hybridized carbons (Fsp3) is 0.533. The Morgan fingerprint density at radius 2 is 1.91 bits per heavy atom. The van der Waals surface area contributed by atoms with Crippen molar-refractivity contribution in [1.82, 2.24) is 5.32 Å². The second-order valence-corrected chi connectivity index (χ2v) is 7.79. The zero-order chi connectivity index (χ0) is 16.4. The molecule has 0 heterocycles. The molecule has 0 spiro atoms. The third-order valence-corrected chi connectivity index (χ3v) is 5.10. The number of sulfonamides is 1. The molecule has 1 rings (SSSR count). The summed E-state index contributed by atoms with van der Waals surface area (Å²) in [6.45, 7) is 2.70. The van der Waals surface area contributed by atoms with E-state index in [4.69, 9.17) is 5.14 Å². The fourth-order valence-electron chi connectivity index (χ4n) is 1.79. The number of nitrogens with two attached hydrogens (primary N) is 1. The van der Waals surface area contributed by atoms with Crippen LogP contribution in [-0.4, -0.2) is 32.4 Å². The summed E-state index contributed by atoms with van der Waals surface area (Å²) >= 11 is 1.81. The molecule has 0 saturated carbocycles. The highest BCUT2D eigenvalue weighted by molar-refractivity contribution is 7.99. The molecule has 0 bridgehead atoms. The van der Waals surface area contributed by atoms with E-state index in [-0.39, 0.29) is 10.8 Å². The van der Waals surface area contributed by atoms with Crippen molar-refractivity contribution < 1.29 is 13.2 Å². The van der Waals surface area contributed by atoms with Gasteiger partial charge < -0.3 is 5.32 Å². The minimum absolute atomic E-state index is 0.0603. The number of rotatable bonds is 10. The summed E-state index contributed by atoms with van der Waals surface area (Å²) in [6.07, 6.45) is 3.59. The van der Waals surface area contributed by atoms with Crippen LogP contribution < -0.4 is 10.5 Å². The first-order valence-electron chi connectivity index (χ1n) is 7.39. The number of thioether (sulfide) groups is 1. The molecule has 124 valence electrons. The molecule has 7 heteroatoms. The lowest BCUT2D eigenvalue weighted by molar-refractivity contribution is -0.120. The van der Waals surface area contributed by atoms with Gasteiger partial charge in [0.25, 0.3) is 0 Å². The predicted octanol–water partition coefficient (Wildman–Crippen LogP) is 1.92. The first-order chi connectivity index (χ1) is 10.4. The largest absolute Gasteiger partial charge is 0.356 e. The van der Waals surface area contributed by atoms with Crippen LogP contribution in [0.15, 0.2) is 29.2 Å². The number of benzene rings is 1. The average molecular weight is 345 g/mol. The monoisotopic (exact) mass is 344 g/mol. The Labute approximate surface area is 137 Å². The highest BCUT2D eigenvalue weighted by Crippen LogP contribution is 2.09. The highest BCUT2D eigenvalue weighted by Gasteiger charge is 2.07. The topological polar surface area (TPSA) is 89.3 Å². The van der Waals surface area contributed by atoms with Gasteiger partial charge >= 0.3 is 0 Å². The summed E-state index contributed by atoms with van der Waals surface area (Å²) < 4.78 is 22.3. The standard InChI is InChI=1S/C15H24N2O3S2/c1-2-3-11-21-12-9-15(18)17-10-8-13-4-6-14(7-5-13)22(16,19)20/h4-7H,2-3,8-12H2,1H3,(H,17,18)(H2,16,19,20). The molecular weight excluding hydrogens is 320 g/mol. The number of unbranched alkanes of at least 4 members (excludes halogenated alkanes) is 1. The number of nitrogens with one attached hydrogen (secondary N) is 1. The van der Waals surface area contributed by atoms with E-state index in [1.165, 1.54) is 25.0 Å². The van der Waals surface area contributed by atoms with E-state index in [1.807, 2.05) is 11.8 Å². The summed E-state index contributed by atoms with van der Waals surface area (Å²) in [4.78, 5) is 11.7. The van der Waals surface area contributed by atoms with Gasteiger partial charge in [-0.15, -0.1) is 0 Å². The number of hydrogen-bond donors (Lipinski definition) is 2. The van der Waals surface area contributed by atoms with Gasteiger partial charge in [0.1, 0.15) is 0 Å². The molecule has 0 aliphatic carbocycles. The second kappa shape index (κ2) is 9.86. The molecule has 0 fully saturated rings. The highest BCUT2D eigenvalue weighted by atomic mass is 32.2. The minimum atomic E-state index is -3.64. The van der Waals surface area contributed by atoms with E-state index in [0.717, 1.165) is 17.1 Å². The molecule has 0 aromatic heterocycles. The lowest BCUT2D eigenvalue weighted by atomic mass is 10.1. The molecule has 22 heavy (non-hydrogen) atoms. The van der Waals surface area contributed by atoms with Crippen molar-refractivity contribution in [2.24, 2.45) is 5.14 Å². The van der Waals surface area contributed by atoms with E-state index in [0.29, 0.717) is 19.4 Å². The van der Waals surface area contributed by atoms with Crippen molar-refractivity contribution in [3.8, 4) is 0 Å². The van der Waals surface area contributed by atoms with E-state index >= 15 is 0 Å². The van der Waals surface area contributed by atoms with Gasteiger partial charge in [0.2, 0.25) is 15.9 Å². The van der Waals surface area contributed by atoms with Crippen LogP contribution in [0.25, 0.3) is 0 Å². The first-order valence-corrected chi connectivity index (χ1v) is 10.1. The number of primary sulfonamides is 1. The van der Waals surface area contributed by atoms with E-state index in [9.17, 15) is 13.2 Å².